The van der Waals surface area contributed by atoms with Crippen LogP contribution in [0.25, 0.3) is 0 Å². The maximum Gasteiger partial charge on any atom is 0.227 e. The fourth-order valence-electron chi connectivity index (χ4n) is 2.42. The van der Waals surface area contributed by atoms with E-state index in [0.717, 1.165) is 30.6 Å². The van der Waals surface area contributed by atoms with Gasteiger partial charge in [-0.2, -0.15) is 0 Å². The van der Waals surface area contributed by atoms with E-state index in [9.17, 15) is 4.79 Å². The summed E-state index contributed by atoms with van der Waals surface area (Å²) in [6, 6.07) is 3.65. The number of allylic oxidation sites excluding steroid dienone is 1. The molecule has 1 aliphatic rings. The molecule has 0 unspecified atom stereocenters. The summed E-state index contributed by atoms with van der Waals surface area (Å²) in [6.45, 7) is 4.38. The Bertz CT molecular complexity index is 499. The van der Waals surface area contributed by atoms with Gasteiger partial charge in [-0.25, -0.2) is 0 Å². The number of benzene rings is 1. The standard InChI is InChI=1S/C15H18ClNO2/c1-3-4-7-14(18)17-10-5-6-11-12(16)8-9-13(19-2)15(11)17/h3,8-9H,1,4-7,10H2,2H3. The molecule has 0 saturated carbocycles. The Morgan fingerprint density at radius 1 is 1.58 bits per heavy atom. The zero-order chi connectivity index (χ0) is 13.8. The van der Waals surface area contributed by atoms with Crippen molar-refractivity contribution in [3.8, 4) is 5.75 Å². The third-order valence-electron chi connectivity index (χ3n) is 3.35. The quantitative estimate of drug-likeness (QED) is 0.788. The minimum absolute atomic E-state index is 0.0985. The molecular weight excluding hydrogens is 262 g/mol. The van der Waals surface area contributed by atoms with E-state index in [4.69, 9.17) is 16.3 Å². The highest BCUT2D eigenvalue weighted by Gasteiger charge is 2.27. The zero-order valence-corrected chi connectivity index (χ0v) is 11.9. The van der Waals surface area contributed by atoms with Crippen LogP contribution in [0, 0.1) is 0 Å². The van der Waals surface area contributed by atoms with Gasteiger partial charge in [0.1, 0.15) is 5.75 Å². The lowest BCUT2D eigenvalue weighted by Crippen LogP contribution is -2.35. The number of carbonyl (C=O) groups excluding carboxylic acids is 1. The average Bonchev–Trinajstić information content (AvgIpc) is 2.45. The van der Waals surface area contributed by atoms with Crippen LogP contribution in [-0.4, -0.2) is 19.6 Å². The maximum absolute atomic E-state index is 12.3. The van der Waals surface area contributed by atoms with Gasteiger partial charge in [0.2, 0.25) is 5.91 Å². The number of methoxy groups -OCH3 is 1. The molecule has 1 aromatic rings. The van der Waals surface area contributed by atoms with Gasteiger partial charge >= 0.3 is 0 Å². The number of anilines is 1. The van der Waals surface area contributed by atoms with Crippen LogP contribution in [0.2, 0.25) is 5.02 Å². The number of hydrogen-bond acceptors (Lipinski definition) is 2. The van der Waals surface area contributed by atoms with Crippen molar-refractivity contribution in [3.05, 3.63) is 35.4 Å². The van der Waals surface area contributed by atoms with Crippen molar-refractivity contribution < 1.29 is 9.53 Å². The predicted octanol–water partition coefficient (Wildman–Crippen LogP) is 3.59. The number of hydrogen-bond donors (Lipinski definition) is 0. The maximum atomic E-state index is 12.3. The minimum atomic E-state index is 0.0985. The topological polar surface area (TPSA) is 29.5 Å². The molecule has 0 bridgehead atoms. The van der Waals surface area contributed by atoms with Crippen LogP contribution >= 0.6 is 11.6 Å². The molecule has 19 heavy (non-hydrogen) atoms. The van der Waals surface area contributed by atoms with Gasteiger partial charge in [-0.15, -0.1) is 6.58 Å². The van der Waals surface area contributed by atoms with E-state index in [1.54, 1.807) is 18.1 Å². The second-order valence-corrected chi connectivity index (χ2v) is 4.96. The van der Waals surface area contributed by atoms with Crippen LogP contribution in [-0.2, 0) is 11.2 Å². The first-order valence-corrected chi connectivity index (χ1v) is 6.83. The largest absolute Gasteiger partial charge is 0.495 e. The summed E-state index contributed by atoms with van der Waals surface area (Å²) < 4.78 is 5.38. The molecule has 102 valence electrons. The number of amides is 1. The summed E-state index contributed by atoms with van der Waals surface area (Å²) >= 11 is 6.24. The zero-order valence-electron chi connectivity index (χ0n) is 11.1. The lowest BCUT2D eigenvalue weighted by atomic mass is 10.00. The molecule has 0 aromatic heterocycles. The number of carbonyl (C=O) groups is 1. The van der Waals surface area contributed by atoms with Crippen LogP contribution in [0.5, 0.6) is 5.75 Å². The molecule has 0 aliphatic carbocycles. The Morgan fingerprint density at radius 2 is 2.37 bits per heavy atom. The summed E-state index contributed by atoms with van der Waals surface area (Å²) in [7, 11) is 1.62. The fourth-order valence-corrected chi connectivity index (χ4v) is 2.67. The van der Waals surface area contributed by atoms with Crippen LogP contribution < -0.4 is 9.64 Å². The van der Waals surface area contributed by atoms with Gasteiger partial charge in [0.25, 0.3) is 0 Å². The molecule has 3 nitrogen and oxygen atoms in total. The molecule has 1 aliphatic heterocycles. The summed E-state index contributed by atoms with van der Waals surface area (Å²) in [5, 5.41) is 0.706. The van der Waals surface area contributed by atoms with Gasteiger partial charge in [0, 0.05) is 18.0 Å². The normalized spacial score (nSPS) is 13.9. The van der Waals surface area contributed by atoms with Crippen molar-refractivity contribution in [1.29, 1.82) is 0 Å². The van der Waals surface area contributed by atoms with Gasteiger partial charge < -0.3 is 9.64 Å². The number of ether oxygens (including phenoxy) is 1. The number of nitrogens with zero attached hydrogens (tertiary/aromatic N) is 1. The summed E-state index contributed by atoms with van der Waals surface area (Å²) in [5.41, 5.74) is 1.86. The highest BCUT2D eigenvalue weighted by molar-refractivity contribution is 6.32. The number of fused-ring (bicyclic) bond motifs is 1. The molecule has 0 spiro atoms. The molecular formula is C15H18ClNO2. The Kier molecular flexibility index (Phi) is 4.48. The molecule has 0 saturated heterocycles. The molecule has 0 N–H and O–H groups in total. The smallest absolute Gasteiger partial charge is 0.227 e. The van der Waals surface area contributed by atoms with E-state index in [2.05, 4.69) is 6.58 Å². The van der Waals surface area contributed by atoms with Crippen molar-refractivity contribution in [1.82, 2.24) is 0 Å². The molecule has 4 heteroatoms. The second kappa shape index (κ2) is 6.11. The van der Waals surface area contributed by atoms with Gasteiger partial charge in [0.15, 0.2) is 0 Å². The van der Waals surface area contributed by atoms with Crippen molar-refractivity contribution in [2.24, 2.45) is 0 Å². The van der Waals surface area contributed by atoms with Crippen molar-refractivity contribution in [3.63, 3.8) is 0 Å². The van der Waals surface area contributed by atoms with Gasteiger partial charge in [-0.1, -0.05) is 17.7 Å². The first-order valence-electron chi connectivity index (χ1n) is 6.45. The predicted molar refractivity (Wildman–Crippen MR) is 78.1 cm³/mol. The Balaban J connectivity index is 2.39. The highest BCUT2D eigenvalue weighted by atomic mass is 35.5. The molecule has 0 atom stereocenters. The van der Waals surface area contributed by atoms with Gasteiger partial charge in [0.05, 0.1) is 12.8 Å². The Morgan fingerprint density at radius 3 is 3.05 bits per heavy atom. The molecule has 1 heterocycles. The monoisotopic (exact) mass is 279 g/mol. The van der Waals surface area contributed by atoms with E-state index in [1.165, 1.54) is 0 Å². The third kappa shape index (κ3) is 2.76. The van der Waals surface area contributed by atoms with E-state index in [1.807, 2.05) is 12.1 Å². The molecule has 1 amide bonds. The summed E-state index contributed by atoms with van der Waals surface area (Å²) in [5.74, 6) is 0.812. The van der Waals surface area contributed by atoms with Gasteiger partial charge in [-0.3, -0.25) is 4.79 Å². The summed E-state index contributed by atoms with van der Waals surface area (Å²) in [4.78, 5) is 14.1. The number of halogens is 1. The molecule has 2 rings (SSSR count). The van der Waals surface area contributed by atoms with Crippen LogP contribution in [0.1, 0.15) is 24.8 Å². The lowest BCUT2D eigenvalue weighted by molar-refractivity contribution is -0.118. The van der Waals surface area contributed by atoms with E-state index < -0.39 is 0 Å². The first-order chi connectivity index (χ1) is 9.19. The van der Waals surface area contributed by atoms with Crippen molar-refractivity contribution in [2.45, 2.75) is 25.7 Å². The SMILES string of the molecule is C=CCCC(=O)N1CCCc2c(Cl)ccc(OC)c21. The van der Waals surface area contributed by atoms with E-state index in [0.29, 0.717) is 23.6 Å². The third-order valence-corrected chi connectivity index (χ3v) is 3.70. The van der Waals surface area contributed by atoms with E-state index in [-0.39, 0.29) is 5.91 Å². The van der Waals surface area contributed by atoms with Gasteiger partial charge in [-0.05, 0) is 37.0 Å². The first kappa shape index (κ1) is 13.9. The Hall–Kier alpha value is -1.48. The van der Waals surface area contributed by atoms with Crippen molar-refractivity contribution >= 4 is 23.2 Å². The molecule has 1 aromatic carbocycles. The lowest BCUT2D eigenvalue weighted by Gasteiger charge is -2.31. The van der Waals surface area contributed by atoms with Crippen LogP contribution in [0.3, 0.4) is 0 Å². The molecule has 0 radical (unpaired) electrons. The highest BCUT2D eigenvalue weighted by Crippen LogP contribution is 2.40. The molecule has 0 fully saturated rings. The second-order valence-electron chi connectivity index (χ2n) is 4.55. The van der Waals surface area contributed by atoms with E-state index >= 15 is 0 Å². The average molecular weight is 280 g/mol. The van der Waals surface area contributed by atoms with Crippen molar-refractivity contribution in [2.75, 3.05) is 18.6 Å². The Labute approximate surface area is 118 Å². The fraction of sp³-hybridized carbons (Fsp3) is 0.400. The summed E-state index contributed by atoms with van der Waals surface area (Å²) in [6.07, 6.45) is 4.74. The minimum Gasteiger partial charge on any atom is -0.495 e. The van der Waals surface area contributed by atoms with Crippen LogP contribution in [0.4, 0.5) is 5.69 Å². The van der Waals surface area contributed by atoms with Crippen LogP contribution in [0.15, 0.2) is 24.8 Å². The number of rotatable bonds is 4.